The molecule has 0 amide bonds. The van der Waals surface area contributed by atoms with E-state index in [1.54, 1.807) is 11.1 Å². The second kappa shape index (κ2) is 8.66. The van der Waals surface area contributed by atoms with Gasteiger partial charge in [0.1, 0.15) is 0 Å². The van der Waals surface area contributed by atoms with Gasteiger partial charge >= 0.3 is 0 Å². The lowest BCUT2D eigenvalue weighted by atomic mass is 9.89. The first kappa shape index (κ1) is 17.5. The fraction of sp³-hybridized carbons (Fsp3) is 0.474. The third kappa shape index (κ3) is 4.21. The normalized spacial score (nSPS) is 13.9. The van der Waals surface area contributed by atoms with Crippen molar-refractivity contribution in [3.8, 4) is 0 Å². The van der Waals surface area contributed by atoms with Crippen LogP contribution < -0.4 is 0 Å². The van der Waals surface area contributed by atoms with Crippen LogP contribution in [-0.2, 0) is 0 Å². The number of allylic oxidation sites excluding steroid dienone is 4. The van der Waals surface area contributed by atoms with Crippen LogP contribution in [0.1, 0.15) is 64.5 Å². The minimum absolute atomic E-state index is 1.10. The minimum atomic E-state index is 1.10. The van der Waals surface area contributed by atoms with Gasteiger partial charge in [-0.15, -0.1) is 0 Å². The lowest BCUT2D eigenvalue weighted by molar-refractivity contribution is 0.990. The molecule has 0 aromatic heterocycles. The maximum atomic E-state index is 2.53. The van der Waals surface area contributed by atoms with E-state index in [1.165, 1.54) is 20.3 Å². The quantitative estimate of drug-likeness (QED) is 0.364. The molecule has 0 radical (unpaired) electrons. The Kier molecular flexibility index (Phi) is 7.57. The molecule has 1 heteroatoms. The second-order valence-electron chi connectivity index (χ2n) is 5.12. The van der Waals surface area contributed by atoms with Crippen molar-refractivity contribution in [3.05, 3.63) is 50.1 Å². The molecule has 0 fully saturated rings. The minimum Gasteiger partial charge on any atom is -0.0613 e. The van der Waals surface area contributed by atoms with Gasteiger partial charge in [-0.25, -0.2) is 0 Å². The monoisotopic (exact) mass is 382 g/mol. The van der Waals surface area contributed by atoms with Crippen molar-refractivity contribution in [3.63, 3.8) is 0 Å². The topological polar surface area (TPSA) is 0 Å². The molecule has 0 spiro atoms. The molecule has 0 saturated carbocycles. The van der Waals surface area contributed by atoms with Crippen LogP contribution >= 0.6 is 22.6 Å². The average Bonchev–Trinajstić information content (AvgIpc) is 2.48. The second-order valence-corrected chi connectivity index (χ2v) is 6.42. The van der Waals surface area contributed by atoms with Gasteiger partial charge in [-0.1, -0.05) is 57.5 Å². The van der Waals surface area contributed by atoms with Crippen LogP contribution in [0.25, 0.3) is 5.57 Å². The summed E-state index contributed by atoms with van der Waals surface area (Å²) in [6.45, 7) is 11.2. The highest BCUT2D eigenvalue weighted by Gasteiger charge is 2.12. The highest BCUT2D eigenvalue weighted by atomic mass is 127. The van der Waals surface area contributed by atoms with Crippen molar-refractivity contribution >= 4 is 28.2 Å². The summed E-state index contributed by atoms with van der Waals surface area (Å²) >= 11 is 2.53. The van der Waals surface area contributed by atoms with E-state index in [0.29, 0.717) is 0 Å². The van der Waals surface area contributed by atoms with Crippen LogP contribution in [0.4, 0.5) is 0 Å². The maximum absolute atomic E-state index is 2.53. The summed E-state index contributed by atoms with van der Waals surface area (Å²) in [5.74, 6) is 0. The van der Waals surface area contributed by atoms with Crippen molar-refractivity contribution in [2.75, 3.05) is 0 Å². The summed E-state index contributed by atoms with van der Waals surface area (Å²) < 4.78 is 1.51. The van der Waals surface area contributed by atoms with E-state index in [2.05, 4.69) is 81.5 Å². The van der Waals surface area contributed by atoms with Crippen molar-refractivity contribution in [1.29, 1.82) is 0 Å². The molecular formula is C19H27I. The fourth-order valence-corrected chi connectivity index (χ4v) is 3.44. The first-order valence-corrected chi connectivity index (χ1v) is 8.83. The third-order valence-corrected chi connectivity index (χ3v) is 5.24. The van der Waals surface area contributed by atoms with Crippen LogP contribution in [0.15, 0.2) is 39.0 Å². The predicted molar refractivity (Wildman–Crippen MR) is 100 cm³/mol. The van der Waals surface area contributed by atoms with Gasteiger partial charge in [0.05, 0.1) is 0 Å². The van der Waals surface area contributed by atoms with E-state index in [1.807, 2.05) is 0 Å². The van der Waals surface area contributed by atoms with Gasteiger partial charge in [0.15, 0.2) is 0 Å². The van der Waals surface area contributed by atoms with Crippen molar-refractivity contribution in [1.82, 2.24) is 0 Å². The van der Waals surface area contributed by atoms with Gasteiger partial charge in [-0.2, -0.15) is 0 Å². The van der Waals surface area contributed by atoms with Crippen LogP contribution in [0.3, 0.4) is 0 Å². The third-order valence-electron chi connectivity index (χ3n) is 3.83. The summed E-state index contributed by atoms with van der Waals surface area (Å²) in [6.07, 6.45) is 4.48. The van der Waals surface area contributed by atoms with Crippen LogP contribution in [-0.4, -0.2) is 0 Å². The molecule has 0 aliphatic carbocycles. The standard InChI is InChI=1S/C19H27I/c1-6-16(15-12-10-14(5)11-13-15)17(7-2)18(8-3)19(20)9-4/h10-13H,6-9H2,1-5H3/b17-16-,19-18-. The van der Waals surface area contributed by atoms with Gasteiger partial charge < -0.3 is 0 Å². The number of benzene rings is 1. The zero-order chi connectivity index (χ0) is 15.1. The Bertz CT molecular complexity index is 489. The molecule has 110 valence electrons. The highest BCUT2D eigenvalue weighted by molar-refractivity contribution is 14.1. The smallest absolute Gasteiger partial charge is 0.00620 e. The molecule has 0 heterocycles. The summed E-state index contributed by atoms with van der Waals surface area (Å²) in [7, 11) is 0. The van der Waals surface area contributed by atoms with E-state index in [0.717, 1.165) is 25.7 Å². The molecular weight excluding hydrogens is 355 g/mol. The van der Waals surface area contributed by atoms with Crippen LogP contribution in [0.5, 0.6) is 0 Å². The Morgan fingerprint density at radius 1 is 0.800 bits per heavy atom. The lowest BCUT2D eigenvalue weighted by Crippen LogP contribution is -1.97. The molecule has 0 unspecified atom stereocenters. The largest absolute Gasteiger partial charge is 0.0613 e. The van der Waals surface area contributed by atoms with Gasteiger partial charge in [0, 0.05) is 0 Å². The number of hydrogen-bond acceptors (Lipinski definition) is 0. The van der Waals surface area contributed by atoms with Crippen LogP contribution in [0, 0.1) is 6.92 Å². The molecule has 1 rings (SSSR count). The Morgan fingerprint density at radius 3 is 1.75 bits per heavy atom. The molecule has 0 saturated heterocycles. The lowest BCUT2D eigenvalue weighted by Gasteiger charge is -2.18. The molecule has 0 nitrogen and oxygen atoms in total. The number of hydrogen-bond donors (Lipinski definition) is 0. The number of aryl methyl sites for hydroxylation is 1. The molecule has 20 heavy (non-hydrogen) atoms. The molecule has 0 bridgehead atoms. The maximum Gasteiger partial charge on any atom is -0.00620 e. The van der Waals surface area contributed by atoms with Crippen molar-refractivity contribution in [2.45, 2.75) is 60.3 Å². The van der Waals surface area contributed by atoms with Gasteiger partial charge in [-0.05, 0) is 81.1 Å². The van der Waals surface area contributed by atoms with Crippen LogP contribution in [0.2, 0.25) is 0 Å². The Hall–Kier alpha value is -0.570. The van der Waals surface area contributed by atoms with Crippen molar-refractivity contribution in [2.24, 2.45) is 0 Å². The number of halogens is 1. The summed E-state index contributed by atoms with van der Waals surface area (Å²) in [6, 6.07) is 8.99. The molecule has 0 N–H and O–H groups in total. The van der Waals surface area contributed by atoms with E-state index < -0.39 is 0 Å². The zero-order valence-corrected chi connectivity index (χ0v) is 15.7. The number of rotatable bonds is 6. The summed E-state index contributed by atoms with van der Waals surface area (Å²) in [5, 5.41) is 0. The van der Waals surface area contributed by atoms with E-state index in [4.69, 9.17) is 0 Å². The average molecular weight is 382 g/mol. The van der Waals surface area contributed by atoms with E-state index in [9.17, 15) is 0 Å². The van der Waals surface area contributed by atoms with Gasteiger partial charge in [0.25, 0.3) is 0 Å². The van der Waals surface area contributed by atoms with Gasteiger partial charge in [-0.3, -0.25) is 0 Å². The first-order chi connectivity index (χ1) is 9.58. The fourth-order valence-electron chi connectivity index (χ4n) is 2.74. The molecule has 1 aromatic rings. The Morgan fingerprint density at radius 2 is 1.35 bits per heavy atom. The molecule has 0 aliphatic heterocycles. The first-order valence-electron chi connectivity index (χ1n) is 7.75. The Balaban J connectivity index is 3.43. The zero-order valence-electron chi connectivity index (χ0n) is 13.5. The van der Waals surface area contributed by atoms with Crippen molar-refractivity contribution < 1.29 is 0 Å². The molecule has 0 aliphatic rings. The van der Waals surface area contributed by atoms with Gasteiger partial charge in [0.2, 0.25) is 0 Å². The summed E-state index contributed by atoms with van der Waals surface area (Å²) in [5.41, 5.74) is 7.36. The Labute approximate surface area is 138 Å². The molecule has 1 aromatic carbocycles. The molecule has 0 atom stereocenters. The SMILES string of the molecule is CC/C(I)=C(CC)/C(CC)=C(/CC)c1ccc(C)cc1. The van der Waals surface area contributed by atoms with E-state index >= 15 is 0 Å². The highest BCUT2D eigenvalue weighted by Crippen LogP contribution is 2.34. The van der Waals surface area contributed by atoms with E-state index in [-0.39, 0.29) is 0 Å². The summed E-state index contributed by atoms with van der Waals surface area (Å²) in [4.78, 5) is 0. The predicted octanol–water partition coefficient (Wildman–Crippen LogP) is 7.08.